The fourth-order valence-electron chi connectivity index (χ4n) is 1.68. The Morgan fingerprint density at radius 1 is 1.29 bits per heavy atom. The molecule has 0 aliphatic carbocycles. The third-order valence-corrected chi connectivity index (χ3v) is 2.94. The molecule has 0 spiro atoms. The average molecular weight is 239 g/mol. The summed E-state index contributed by atoms with van der Waals surface area (Å²) in [5.74, 6) is -1.15. The molecule has 0 aliphatic heterocycles. The van der Waals surface area contributed by atoms with E-state index in [1.54, 1.807) is 19.1 Å². The molecule has 0 bridgehead atoms. The fraction of sp³-hybridized carbons (Fsp3) is 0.417. The Bertz CT molecular complexity index is 431. The molecule has 2 atom stereocenters. The zero-order valence-corrected chi connectivity index (χ0v) is 9.84. The maximum absolute atomic E-state index is 10.5. The second kappa shape index (κ2) is 5.16. The van der Waals surface area contributed by atoms with Crippen molar-refractivity contribution in [2.45, 2.75) is 32.5 Å². The molecule has 0 aliphatic rings. The Hall–Kier alpha value is -1.59. The summed E-state index contributed by atoms with van der Waals surface area (Å²) in [4.78, 5) is 10.5. The van der Waals surface area contributed by atoms with Crippen LogP contribution in [0.5, 0.6) is 0 Å². The minimum atomic E-state index is -1.32. The molecule has 94 valence electrons. The van der Waals surface area contributed by atoms with Crippen LogP contribution in [-0.2, 0) is 4.79 Å². The van der Waals surface area contributed by atoms with Gasteiger partial charge in [0.15, 0.2) is 0 Å². The number of carboxylic acids is 1. The van der Waals surface area contributed by atoms with E-state index in [2.05, 4.69) is 0 Å². The number of hydrogen-bond acceptors (Lipinski definition) is 4. The van der Waals surface area contributed by atoms with Gasteiger partial charge in [-0.2, -0.15) is 0 Å². The fourth-order valence-corrected chi connectivity index (χ4v) is 1.68. The van der Waals surface area contributed by atoms with Crippen molar-refractivity contribution < 1.29 is 20.1 Å². The molecule has 17 heavy (non-hydrogen) atoms. The smallest absolute Gasteiger partial charge is 0.306 e. The van der Waals surface area contributed by atoms with Gasteiger partial charge in [-0.15, -0.1) is 0 Å². The van der Waals surface area contributed by atoms with Gasteiger partial charge >= 0.3 is 5.97 Å². The molecule has 2 unspecified atom stereocenters. The number of anilines is 1. The SMILES string of the molecule is Cc1c(N)ccc(C(O)C(O)CC(=O)O)c1C. The molecule has 0 heterocycles. The summed E-state index contributed by atoms with van der Waals surface area (Å²) in [7, 11) is 0. The third-order valence-electron chi connectivity index (χ3n) is 2.94. The highest BCUT2D eigenvalue weighted by Gasteiger charge is 2.23. The Labute approximate surface area is 99.5 Å². The first-order valence-electron chi connectivity index (χ1n) is 5.28. The van der Waals surface area contributed by atoms with Crippen LogP contribution in [-0.4, -0.2) is 27.4 Å². The topological polar surface area (TPSA) is 104 Å². The minimum Gasteiger partial charge on any atom is -0.481 e. The van der Waals surface area contributed by atoms with Gasteiger partial charge < -0.3 is 21.1 Å². The van der Waals surface area contributed by atoms with E-state index in [0.29, 0.717) is 11.3 Å². The van der Waals surface area contributed by atoms with Gasteiger partial charge in [-0.25, -0.2) is 0 Å². The monoisotopic (exact) mass is 239 g/mol. The van der Waals surface area contributed by atoms with Crippen LogP contribution >= 0.6 is 0 Å². The lowest BCUT2D eigenvalue weighted by Gasteiger charge is -2.20. The Kier molecular flexibility index (Phi) is 4.09. The minimum absolute atomic E-state index is 0.496. The number of carbonyl (C=O) groups is 1. The van der Waals surface area contributed by atoms with Crippen LogP contribution in [0.2, 0.25) is 0 Å². The van der Waals surface area contributed by atoms with Gasteiger partial charge in [0, 0.05) is 5.69 Å². The van der Waals surface area contributed by atoms with Crippen molar-refractivity contribution in [1.82, 2.24) is 0 Å². The number of aliphatic hydroxyl groups excluding tert-OH is 2. The number of aliphatic carboxylic acids is 1. The van der Waals surface area contributed by atoms with Gasteiger partial charge in [-0.1, -0.05) is 6.07 Å². The molecule has 1 rings (SSSR count). The summed E-state index contributed by atoms with van der Waals surface area (Å²) in [6.45, 7) is 3.59. The Balaban J connectivity index is 3.00. The van der Waals surface area contributed by atoms with Crippen molar-refractivity contribution in [1.29, 1.82) is 0 Å². The van der Waals surface area contributed by atoms with Crippen molar-refractivity contribution in [2.75, 3.05) is 5.73 Å². The first-order valence-corrected chi connectivity index (χ1v) is 5.28. The molecule has 0 saturated carbocycles. The molecule has 0 fully saturated rings. The van der Waals surface area contributed by atoms with Crippen LogP contribution in [0.25, 0.3) is 0 Å². The number of benzene rings is 1. The van der Waals surface area contributed by atoms with Crippen LogP contribution in [0.15, 0.2) is 12.1 Å². The van der Waals surface area contributed by atoms with Crippen LogP contribution in [0.4, 0.5) is 5.69 Å². The summed E-state index contributed by atoms with van der Waals surface area (Å²) >= 11 is 0. The maximum Gasteiger partial charge on any atom is 0.306 e. The molecule has 5 heteroatoms. The number of hydrogen-bond donors (Lipinski definition) is 4. The van der Waals surface area contributed by atoms with Gasteiger partial charge in [0.1, 0.15) is 6.10 Å². The molecule has 5 nitrogen and oxygen atoms in total. The third kappa shape index (κ3) is 2.95. The van der Waals surface area contributed by atoms with Gasteiger partial charge in [-0.05, 0) is 36.6 Å². The molecule has 0 amide bonds. The van der Waals surface area contributed by atoms with Crippen LogP contribution in [0.1, 0.15) is 29.2 Å². The standard InChI is InChI=1S/C12H17NO4/c1-6-7(2)9(13)4-3-8(6)12(17)10(14)5-11(15)16/h3-4,10,12,14,17H,5,13H2,1-2H3,(H,15,16). The van der Waals surface area contributed by atoms with Gasteiger partial charge in [0.25, 0.3) is 0 Å². The van der Waals surface area contributed by atoms with E-state index < -0.39 is 24.6 Å². The highest BCUT2D eigenvalue weighted by molar-refractivity contribution is 5.67. The van der Waals surface area contributed by atoms with Gasteiger partial charge in [-0.3, -0.25) is 4.79 Å². The molecule has 0 radical (unpaired) electrons. The first kappa shape index (κ1) is 13.5. The highest BCUT2D eigenvalue weighted by Crippen LogP contribution is 2.27. The quantitative estimate of drug-likeness (QED) is 0.580. The number of rotatable bonds is 4. The molecular weight excluding hydrogens is 222 g/mol. The number of carboxylic acid groups (broad SMARTS) is 1. The number of aliphatic hydroxyl groups is 2. The molecule has 0 saturated heterocycles. The van der Waals surface area contributed by atoms with E-state index >= 15 is 0 Å². The molecule has 1 aromatic carbocycles. The Morgan fingerprint density at radius 2 is 1.88 bits per heavy atom. The van der Waals surface area contributed by atoms with E-state index in [1.165, 1.54) is 0 Å². The summed E-state index contributed by atoms with van der Waals surface area (Å²) in [6.07, 6.45) is -3.04. The van der Waals surface area contributed by atoms with Crippen molar-refractivity contribution in [3.8, 4) is 0 Å². The largest absolute Gasteiger partial charge is 0.481 e. The predicted octanol–water partition coefficient (Wildman–Crippen LogP) is 0.755. The highest BCUT2D eigenvalue weighted by atomic mass is 16.4. The van der Waals surface area contributed by atoms with Crippen molar-refractivity contribution in [3.63, 3.8) is 0 Å². The maximum atomic E-state index is 10.5. The van der Waals surface area contributed by atoms with Crippen LogP contribution in [0, 0.1) is 13.8 Å². The zero-order chi connectivity index (χ0) is 13.2. The summed E-state index contributed by atoms with van der Waals surface area (Å²) in [5.41, 5.74) is 8.41. The van der Waals surface area contributed by atoms with Crippen molar-refractivity contribution in [2.24, 2.45) is 0 Å². The summed E-state index contributed by atoms with van der Waals surface area (Å²) in [6, 6.07) is 3.24. The van der Waals surface area contributed by atoms with E-state index in [0.717, 1.165) is 11.1 Å². The van der Waals surface area contributed by atoms with E-state index in [1.807, 2.05) is 6.92 Å². The molecular formula is C12H17NO4. The number of nitrogen functional groups attached to an aromatic ring is 1. The van der Waals surface area contributed by atoms with Crippen LogP contribution in [0.3, 0.4) is 0 Å². The predicted molar refractivity (Wildman–Crippen MR) is 63.5 cm³/mol. The van der Waals surface area contributed by atoms with E-state index in [4.69, 9.17) is 10.8 Å². The van der Waals surface area contributed by atoms with Crippen LogP contribution < -0.4 is 5.73 Å². The molecule has 0 aromatic heterocycles. The molecule has 1 aromatic rings. The van der Waals surface area contributed by atoms with Crippen molar-refractivity contribution >= 4 is 11.7 Å². The average Bonchev–Trinajstić information content (AvgIpc) is 2.24. The summed E-state index contributed by atoms with van der Waals surface area (Å²) < 4.78 is 0. The lowest BCUT2D eigenvalue weighted by molar-refractivity contribution is -0.141. The van der Waals surface area contributed by atoms with Gasteiger partial charge in [0.05, 0.1) is 12.5 Å². The second-order valence-electron chi connectivity index (χ2n) is 4.10. The lowest BCUT2D eigenvalue weighted by Crippen LogP contribution is -2.22. The second-order valence-corrected chi connectivity index (χ2v) is 4.10. The number of nitrogens with two attached hydrogens (primary N) is 1. The van der Waals surface area contributed by atoms with E-state index in [-0.39, 0.29) is 0 Å². The van der Waals surface area contributed by atoms with E-state index in [9.17, 15) is 15.0 Å². The Morgan fingerprint density at radius 3 is 2.41 bits per heavy atom. The molecule has 5 N–H and O–H groups in total. The normalized spacial score (nSPS) is 14.4. The first-order chi connectivity index (χ1) is 7.84. The van der Waals surface area contributed by atoms with Crippen molar-refractivity contribution in [3.05, 3.63) is 28.8 Å². The summed E-state index contributed by atoms with van der Waals surface area (Å²) in [5, 5.41) is 28.0. The zero-order valence-electron chi connectivity index (χ0n) is 9.84. The van der Waals surface area contributed by atoms with Gasteiger partial charge in [0.2, 0.25) is 0 Å². The lowest BCUT2D eigenvalue weighted by atomic mass is 9.94.